The van der Waals surface area contributed by atoms with Crippen LogP contribution >= 0.6 is 11.3 Å². The molecule has 172 valence electrons. The van der Waals surface area contributed by atoms with Crippen LogP contribution in [-0.2, 0) is 13.0 Å². The Morgan fingerprint density at radius 3 is 2.68 bits per heavy atom. The number of primary amides is 1. The van der Waals surface area contributed by atoms with Crippen LogP contribution in [0.15, 0.2) is 72.9 Å². The smallest absolute Gasteiger partial charge is 0.257 e. The van der Waals surface area contributed by atoms with E-state index < -0.39 is 5.91 Å². The number of nitrogens with two attached hydrogens (primary N) is 1. The lowest BCUT2D eigenvalue weighted by molar-refractivity contribution is 0.0994. The summed E-state index contributed by atoms with van der Waals surface area (Å²) in [5, 5.41) is 3.26. The quantitative estimate of drug-likeness (QED) is 0.370. The van der Waals surface area contributed by atoms with Crippen molar-refractivity contribution < 1.29 is 18.7 Å². The van der Waals surface area contributed by atoms with E-state index in [1.807, 2.05) is 12.1 Å². The van der Waals surface area contributed by atoms with Gasteiger partial charge in [-0.15, -0.1) is 11.3 Å². The highest BCUT2D eigenvalue weighted by Crippen LogP contribution is 2.23. The van der Waals surface area contributed by atoms with Crippen LogP contribution in [0.5, 0.6) is 5.75 Å². The van der Waals surface area contributed by atoms with Crippen LogP contribution in [0.2, 0.25) is 0 Å². The Morgan fingerprint density at radius 2 is 1.88 bits per heavy atom. The average Bonchev–Trinajstić information content (AvgIpc) is 3.27. The number of benzene rings is 3. The molecule has 0 spiro atoms. The second-order valence-electron chi connectivity index (χ2n) is 7.70. The van der Waals surface area contributed by atoms with Crippen LogP contribution < -0.4 is 15.8 Å². The summed E-state index contributed by atoms with van der Waals surface area (Å²) in [5.74, 6) is -0.730. The minimum absolute atomic E-state index is 0.167. The van der Waals surface area contributed by atoms with E-state index in [1.54, 1.807) is 61.7 Å². The average molecular weight is 476 g/mol. The fourth-order valence-corrected chi connectivity index (χ4v) is 4.17. The van der Waals surface area contributed by atoms with Crippen LogP contribution in [0.25, 0.3) is 0 Å². The van der Waals surface area contributed by atoms with Gasteiger partial charge in [-0.3, -0.25) is 14.9 Å². The Bertz CT molecular complexity index is 1350. The molecule has 0 bridgehead atoms. The van der Waals surface area contributed by atoms with E-state index in [-0.39, 0.29) is 18.3 Å². The molecule has 6 nitrogen and oxygen atoms in total. The maximum atomic E-state index is 13.8. The summed E-state index contributed by atoms with van der Waals surface area (Å²) >= 11 is 1.34. The van der Waals surface area contributed by atoms with Crippen molar-refractivity contribution in [2.75, 3.05) is 5.32 Å². The Kier molecular flexibility index (Phi) is 6.98. The fraction of sp³-hybridized carbons (Fsp3) is 0.115. The highest BCUT2D eigenvalue weighted by Gasteiger charge is 2.12. The van der Waals surface area contributed by atoms with Crippen molar-refractivity contribution in [2.45, 2.75) is 20.0 Å². The zero-order valence-corrected chi connectivity index (χ0v) is 19.2. The molecule has 2 amide bonds. The van der Waals surface area contributed by atoms with Gasteiger partial charge in [-0.05, 0) is 53.9 Å². The maximum Gasteiger partial charge on any atom is 0.257 e. The third-order valence-corrected chi connectivity index (χ3v) is 6.04. The Morgan fingerprint density at radius 1 is 1.06 bits per heavy atom. The number of aryl methyl sites for hydroxylation is 1. The van der Waals surface area contributed by atoms with Gasteiger partial charge in [-0.2, -0.15) is 0 Å². The summed E-state index contributed by atoms with van der Waals surface area (Å²) in [7, 11) is 0. The number of amides is 2. The maximum absolute atomic E-state index is 13.8. The first-order valence-corrected chi connectivity index (χ1v) is 11.3. The number of halogens is 1. The molecule has 0 aliphatic carbocycles. The number of carbonyl (C=O) groups excluding carboxylic acids is 2. The number of rotatable bonds is 8. The highest BCUT2D eigenvalue weighted by molar-refractivity contribution is 7.15. The van der Waals surface area contributed by atoms with Crippen LogP contribution in [0.4, 0.5) is 9.52 Å². The normalized spacial score (nSPS) is 10.6. The van der Waals surface area contributed by atoms with Gasteiger partial charge >= 0.3 is 0 Å². The zero-order valence-electron chi connectivity index (χ0n) is 18.4. The van der Waals surface area contributed by atoms with E-state index in [9.17, 15) is 14.0 Å². The van der Waals surface area contributed by atoms with Crippen molar-refractivity contribution in [3.05, 3.63) is 111 Å². The van der Waals surface area contributed by atoms with Crippen molar-refractivity contribution in [3.8, 4) is 5.75 Å². The van der Waals surface area contributed by atoms with Crippen LogP contribution in [-0.4, -0.2) is 16.8 Å². The minimum Gasteiger partial charge on any atom is -0.488 e. The number of para-hydroxylation sites is 1. The van der Waals surface area contributed by atoms with Crippen molar-refractivity contribution in [3.63, 3.8) is 0 Å². The van der Waals surface area contributed by atoms with Gasteiger partial charge in [0.25, 0.3) is 11.8 Å². The van der Waals surface area contributed by atoms with E-state index in [0.29, 0.717) is 34.0 Å². The lowest BCUT2D eigenvalue weighted by Crippen LogP contribution is -2.13. The Hall–Kier alpha value is -4.04. The molecule has 0 radical (unpaired) electrons. The number of hydrogen-bond acceptors (Lipinski definition) is 5. The van der Waals surface area contributed by atoms with Crippen molar-refractivity contribution in [1.82, 2.24) is 4.98 Å². The topological polar surface area (TPSA) is 94.3 Å². The summed E-state index contributed by atoms with van der Waals surface area (Å²) in [5.41, 5.74) is 8.33. The van der Waals surface area contributed by atoms with Gasteiger partial charge in [-0.25, -0.2) is 9.37 Å². The van der Waals surface area contributed by atoms with Crippen molar-refractivity contribution >= 4 is 28.3 Å². The SMILES string of the molecule is Cc1ccc(Cc2cnc(NC(=O)c3cccc(COc4ccccc4C(N)=O)c3)s2)cc1F. The van der Waals surface area contributed by atoms with Gasteiger partial charge in [-0.1, -0.05) is 36.4 Å². The van der Waals surface area contributed by atoms with Crippen LogP contribution in [0.3, 0.4) is 0 Å². The first kappa shape index (κ1) is 23.1. The number of ether oxygens (including phenoxy) is 1. The van der Waals surface area contributed by atoms with E-state index in [4.69, 9.17) is 10.5 Å². The lowest BCUT2D eigenvalue weighted by Gasteiger charge is -2.10. The highest BCUT2D eigenvalue weighted by atomic mass is 32.1. The van der Waals surface area contributed by atoms with Gasteiger partial charge in [0.15, 0.2) is 5.13 Å². The molecule has 1 aromatic heterocycles. The molecule has 3 aromatic carbocycles. The second kappa shape index (κ2) is 10.3. The number of nitrogens with zero attached hydrogens (tertiary/aromatic N) is 1. The molecule has 0 saturated heterocycles. The number of anilines is 1. The number of carbonyl (C=O) groups is 2. The predicted octanol–water partition coefficient (Wildman–Crippen LogP) is 5.11. The van der Waals surface area contributed by atoms with Gasteiger partial charge in [0.1, 0.15) is 18.2 Å². The first-order valence-electron chi connectivity index (χ1n) is 10.5. The van der Waals surface area contributed by atoms with Gasteiger partial charge in [0.05, 0.1) is 5.56 Å². The zero-order chi connectivity index (χ0) is 24.1. The standard InChI is InChI=1S/C26H22FN3O3S/c1-16-9-10-17(13-22(16)27)12-20-14-29-26(34-20)30-25(32)19-6-4-5-18(11-19)15-33-23-8-3-2-7-21(23)24(28)31/h2-11,13-14H,12,15H2,1H3,(H2,28,31)(H,29,30,32). The molecule has 4 aromatic rings. The van der Waals surface area contributed by atoms with Crippen molar-refractivity contribution in [1.29, 1.82) is 0 Å². The molecule has 1 heterocycles. The van der Waals surface area contributed by atoms with Gasteiger partial charge < -0.3 is 10.5 Å². The number of aromatic nitrogens is 1. The molecular weight excluding hydrogens is 453 g/mol. The summed E-state index contributed by atoms with van der Waals surface area (Å²) in [4.78, 5) is 29.5. The summed E-state index contributed by atoms with van der Waals surface area (Å²) in [6.07, 6.45) is 2.21. The van der Waals surface area contributed by atoms with E-state index in [2.05, 4.69) is 10.3 Å². The molecular formula is C26H22FN3O3S. The summed E-state index contributed by atoms with van der Waals surface area (Å²) < 4.78 is 19.5. The third-order valence-electron chi connectivity index (χ3n) is 5.12. The molecule has 0 unspecified atom stereocenters. The van der Waals surface area contributed by atoms with E-state index >= 15 is 0 Å². The number of thiazole rings is 1. The molecule has 0 aliphatic heterocycles. The number of nitrogens with one attached hydrogen (secondary N) is 1. The van der Waals surface area contributed by atoms with Gasteiger partial charge in [0.2, 0.25) is 0 Å². The molecule has 0 saturated carbocycles. The van der Waals surface area contributed by atoms with Crippen LogP contribution in [0, 0.1) is 12.7 Å². The molecule has 4 rings (SSSR count). The Labute approximate surface area is 200 Å². The molecule has 8 heteroatoms. The first-order chi connectivity index (χ1) is 16.4. The minimum atomic E-state index is -0.570. The molecule has 34 heavy (non-hydrogen) atoms. The predicted molar refractivity (Wildman–Crippen MR) is 130 cm³/mol. The van der Waals surface area contributed by atoms with E-state index in [1.165, 1.54) is 17.4 Å². The number of hydrogen-bond donors (Lipinski definition) is 2. The van der Waals surface area contributed by atoms with Crippen molar-refractivity contribution in [2.24, 2.45) is 5.73 Å². The summed E-state index contributed by atoms with van der Waals surface area (Å²) in [6, 6.07) is 18.9. The molecule has 0 atom stereocenters. The lowest BCUT2D eigenvalue weighted by atomic mass is 10.1. The molecule has 0 aliphatic rings. The van der Waals surface area contributed by atoms with Gasteiger partial charge in [0, 0.05) is 23.1 Å². The second-order valence-corrected chi connectivity index (χ2v) is 8.81. The summed E-state index contributed by atoms with van der Waals surface area (Å²) in [6.45, 7) is 1.89. The molecule has 0 fully saturated rings. The Balaban J connectivity index is 1.39. The fourth-order valence-electron chi connectivity index (χ4n) is 3.32. The van der Waals surface area contributed by atoms with Crippen LogP contribution in [0.1, 0.15) is 42.3 Å². The molecule has 3 N–H and O–H groups in total. The third kappa shape index (κ3) is 5.65. The largest absolute Gasteiger partial charge is 0.488 e. The monoisotopic (exact) mass is 475 g/mol. The van der Waals surface area contributed by atoms with E-state index in [0.717, 1.165) is 16.0 Å².